The molecule has 0 bridgehead atoms. The van der Waals surface area contributed by atoms with Gasteiger partial charge in [-0.1, -0.05) is 53.0 Å². The number of aromatic nitrogens is 1. The molecule has 0 N–H and O–H groups in total. The van der Waals surface area contributed by atoms with E-state index in [0.29, 0.717) is 6.54 Å². The SMILES string of the molecule is O=C(OCC(=O)N1CCc2ccccc21)c1ncc(Cl)c(Cl)c1Cl. The highest BCUT2D eigenvalue weighted by Gasteiger charge is 2.26. The van der Waals surface area contributed by atoms with Crippen molar-refractivity contribution in [1.29, 1.82) is 0 Å². The van der Waals surface area contributed by atoms with E-state index in [1.807, 2.05) is 24.3 Å². The number of benzene rings is 1. The van der Waals surface area contributed by atoms with E-state index in [1.54, 1.807) is 4.90 Å². The van der Waals surface area contributed by atoms with Crippen molar-refractivity contribution < 1.29 is 14.3 Å². The number of ether oxygens (including phenoxy) is 1. The Morgan fingerprint density at radius 2 is 1.92 bits per heavy atom. The number of hydrogen-bond acceptors (Lipinski definition) is 4. The van der Waals surface area contributed by atoms with E-state index in [0.717, 1.165) is 17.7 Å². The maximum absolute atomic E-state index is 12.3. The highest BCUT2D eigenvalue weighted by molar-refractivity contribution is 6.48. The number of para-hydroxylation sites is 1. The molecule has 2 aromatic rings. The summed E-state index contributed by atoms with van der Waals surface area (Å²) in [6.45, 7) is 0.146. The fraction of sp³-hybridized carbons (Fsp3) is 0.188. The van der Waals surface area contributed by atoms with Gasteiger partial charge in [0, 0.05) is 18.4 Å². The van der Waals surface area contributed by atoms with Crippen molar-refractivity contribution in [3.8, 4) is 0 Å². The fourth-order valence-electron chi connectivity index (χ4n) is 2.46. The molecule has 0 atom stereocenters. The van der Waals surface area contributed by atoms with Gasteiger partial charge in [0.2, 0.25) is 0 Å². The highest BCUT2D eigenvalue weighted by Crippen LogP contribution is 2.31. The molecule has 0 aliphatic carbocycles. The van der Waals surface area contributed by atoms with Gasteiger partial charge in [-0.15, -0.1) is 0 Å². The molecule has 1 aromatic heterocycles. The molecule has 0 unspecified atom stereocenters. The number of hydrogen-bond donors (Lipinski definition) is 0. The van der Waals surface area contributed by atoms with Crippen LogP contribution in [0, 0.1) is 0 Å². The molecule has 0 fully saturated rings. The number of anilines is 1. The molecule has 0 radical (unpaired) electrons. The fourth-order valence-corrected chi connectivity index (χ4v) is 3.01. The second-order valence-corrected chi connectivity index (χ2v) is 6.25. The summed E-state index contributed by atoms with van der Waals surface area (Å²) in [4.78, 5) is 29.7. The Hall–Kier alpha value is -1.82. The van der Waals surface area contributed by atoms with Crippen LogP contribution in [0.25, 0.3) is 0 Å². The monoisotopic (exact) mass is 384 g/mol. The standard InChI is InChI=1S/C16H11Cl3N2O3/c17-10-7-20-15(14(19)13(10)18)16(23)24-8-12(22)21-6-5-9-3-1-2-4-11(9)21/h1-4,7H,5-6,8H2. The number of amides is 1. The van der Waals surface area contributed by atoms with E-state index in [1.165, 1.54) is 6.20 Å². The zero-order valence-electron chi connectivity index (χ0n) is 12.3. The molecule has 1 amide bonds. The van der Waals surface area contributed by atoms with Crippen LogP contribution in [0.2, 0.25) is 15.1 Å². The molecule has 1 aliphatic heterocycles. The highest BCUT2D eigenvalue weighted by atomic mass is 35.5. The molecule has 5 nitrogen and oxygen atoms in total. The molecule has 1 aromatic carbocycles. The first-order valence-electron chi connectivity index (χ1n) is 7.04. The van der Waals surface area contributed by atoms with Crippen LogP contribution in [0.3, 0.4) is 0 Å². The molecule has 8 heteroatoms. The van der Waals surface area contributed by atoms with Crippen molar-refractivity contribution in [2.24, 2.45) is 0 Å². The normalized spacial score (nSPS) is 12.9. The molecule has 0 spiro atoms. The molecule has 124 valence electrons. The van der Waals surface area contributed by atoms with Gasteiger partial charge in [-0.2, -0.15) is 0 Å². The van der Waals surface area contributed by atoms with Crippen LogP contribution in [0.1, 0.15) is 16.1 Å². The Bertz CT molecular complexity index is 826. The average molecular weight is 386 g/mol. The molecule has 3 rings (SSSR count). The van der Waals surface area contributed by atoms with Crippen molar-refractivity contribution in [1.82, 2.24) is 4.98 Å². The third kappa shape index (κ3) is 3.20. The lowest BCUT2D eigenvalue weighted by atomic mass is 10.2. The van der Waals surface area contributed by atoms with Gasteiger partial charge in [0.1, 0.15) is 0 Å². The van der Waals surface area contributed by atoms with E-state index >= 15 is 0 Å². The summed E-state index contributed by atoms with van der Waals surface area (Å²) in [6.07, 6.45) is 1.97. The number of fused-ring (bicyclic) bond motifs is 1. The van der Waals surface area contributed by atoms with Crippen molar-refractivity contribution >= 4 is 52.4 Å². The van der Waals surface area contributed by atoms with Gasteiger partial charge in [0.05, 0.1) is 15.1 Å². The van der Waals surface area contributed by atoms with Crippen LogP contribution in [0.5, 0.6) is 0 Å². The van der Waals surface area contributed by atoms with E-state index in [-0.39, 0.29) is 26.7 Å². The predicted octanol–water partition coefficient (Wildman–Crippen LogP) is 3.79. The van der Waals surface area contributed by atoms with Crippen molar-refractivity contribution in [3.63, 3.8) is 0 Å². The largest absolute Gasteiger partial charge is 0.451 e. The Morgan fingerprint density at radius 3 is 2.71 bits per heavy atom. The maximum atomic E-state index is 12.3. The minimum Gasteiger partial charge on any atom is -0.451 e. The third-order valence-electron chi connectivity index (χ3n) is 3.63. The van der Waals surface area contributed by atoms with Gasteiger partial charge in [-0.25, -0.2) is 9.78 Å². The number of carbonyl (C=O) groups excluding carboxylic acids is 2. The molecule has 24 heavy (non-hydrogen) atoms. The van der Waals surface area contributed by atoms with Gasteiger partial charge >= 0.3 is 5.97 Å². The Balaban J connectivity index is 1.67. The number of rotatable bonds is 3. The minimum absolute atomic E-state index is 0.0140. The van der Waals surface area contributed by atoms with E-state index in [9.17, 15) is 9.59 Å². The van der Waals surface area contributed by atoms with Gasteiger partial charge in [0.25, 0.3) is 5.91 Å². The molecular formula is C16H11Cl3N2O3. The van der Waals surface area contributed by atoms with E-state index < -0.39 is 12.6 Å². The summed E-state index contributed by atoms with van der Waals surface area (Å²) in [5.74, 6) is -1.15. The number of pyridine rings is 1. The van der Waals surface area contributed by atoms with Crippen molar-refractivity contribution in [2.75, 3.05) is 18.1 Å². The summed E-state index contributed by atoms with van der Waals surface area (Å²) < 4.78 is 5.01. The zero-order chi connectivity index (χ0) is 17.3. The first-order chi connectivity index (χ1) is 11.5. The van der Waals surface area contributed by atoms with Crippen LogP contribution < -0.4 is 4.90 Å². The number of carbonyl (C=O) groups is 2. The van der Waals surface area contributed by atoms with Gasteiger partial charge < -0.3 is 9.64 Å². The molecular weight excluding hydrogens is 375 g/mol. The molecule has 1 aliphatic rings. The molecule has 0 saturated heterocycles. The summed E-state index contributed by atoms with van der Waals surface area (Å²) in [5.41, 5.74) is 1.75. The zero-order valence-corrected chi connectivity index (χ0v) is 14.5. The van der Waals surface area contributed by atoms with E-state index in [4.69, 9.17) is 39.5 Å². The van der Waals surface area contributed by atoms with Gasteiger partial charge in [-0.3, -0.25) is 4.79 Å². The van der Waals surface area contributed by atoms with Crippen LogP contribution in [0.4, 0.5) is 5.69 Å². The third-order valence-corrected chi connectivity index (χ3v) is 4.87. The number of nitrogens with zero attached hydrogens (tertiary/aromatic N) is 2. The predicted molar refractivity (Wildman–Crippen MR) is 92.0 cm³/mol. The summed E-state index contributed by atoms with van der Waals surface area (Å²) in [5, 5.41) is 0.0381. The Morgan fingerprint density at radius 1 is 1.17 bits per heavy atom. The lowest BCUT2D eigenvalue weighted by Gasteiger charge is -2.17. The summed E-state index contributed by atoms with van der Waals surface area (Å²) in [6, 6.07) is 7.61. The lowest BCUT2D eigenvalue weighted by Crippen LogP contribution is -2.33. The average Bonchev–Trinajstić information content (AvgIpc) is 3.01. The van der Waals surface area contributed by atoms with Crippen LogP contribution in [-0.4, -0.2) is 30.0 Å². The Kier molecular flexibility index (Phi) is 4.94. The number of halogens is 3. The summed E-state index contributed by atoms with van der Waals surface area (Å²) in [7, 11) is 0. The lowest BCUT2D eigenvalue weighted by molar-refractivity contribution is -0.121. The van der Waals surface area contributed by atoms with Crippen molar-refractivity contribution in [3.05, 3.63) is 56.8 Å². The van der Waals surface area contributed by atoms with Crippen LogP contribution in [0.15, 0.2) is 30.5 Å². The quantitative estimate of drug-likeness (QED) is 0.754. The Labute approximate surface area is 153 Å². The van der Waals surface area contributed by atoms with Gasteiger partial charge in [-0.05, 0) is 18.1 Å². The topological polar surface area (TPSA) is 59.5 Å². The van der Waals surface area contributed by atoms with Crippen LogP contribution >= 0.6 is 34.8 Å². The molecule has 0 saturated carbocycles. The van der Waals surface area contributed by atoms with E-state index in [2.05, 4.69) is 4.98 Å². The van der Waals surface area contributed by atoms with Crippen LogP contribution in [-0.2, 0) is 16.0 Å². The first kappa shape index (κ1) is 17.0. The molecule has 2 heterocycles. The van der Waals surface area contributed by atoms with Crippen molar-refractivity contribution in [2.45, 2.75) is 6.42 Å². The summed E-state index contributed by atoms with van der Waals surface area (Å²) >= 11 is 17.6. The second-order valence-electron chi connectivity index (χ2n) is 5.08. The van der Waals surface area contributed by atoms with Gasteiger partial charge in [0.15, 0.2) is 12.3 Å². The smallest absolute Gasteiger partial charge is 0.359 e. The second kappa shape index (κ2) is 6.97. The minimum atomic E-state index is -0.834. The number of esters is 1. The maximum Gasteiger partial charge on any atom is 0.359 e. The first-order valence-corrected chi connectivity index (χ1v) is 8.17.